The zero-order chi connectivity index (χ0) is 16.0. The summed E-state index contributed by atoms with van der Waals surface area (Å²) in [6, 6.07) is 6.86. The molecule has 2 aliphatic rings. The number of fused-ring (bicyclic) bond motifs is 2. The predicted molar refractivity (Wildman–Crippen MR) is 86.1 cm³/mol. The van der Waals surface area contributed by atoms with Crippen LogP contribution in [0.5, 0.6) is 5.75 Å². The Hall–Kier alpha value is -2.14. The number of rotatable bonds is 4. The van der Waals surface area contributed by atoms with Gasteiger partial charge in [0, 0.05) is 29.7 Å². The molecular weight excluding hydrogens is 294 g/mol. The molecule has 1 saturated carbocycles. The van der Waals surface area contributed by atoms with Gasteiger partial charge in [-0.2, -0.15) is 0 Å². The van der Waals surface area contributed by atoms with Crippen LogP contribution in [0, 0.1) is 11.8 Å². The number of methoxy groups -OCH3 is 1. The molecule has 4 rings (SSSR count). The number of aldehydes is 1. The number of pyridine rings is 1. The first-order valence-electron chi connectivity index (χ1n) is 7.99. The molecule has 2 aromatic rings. The summed E-state index contributed by atoms with van der Waals surface area (Å²) < 4.78 is 12.9. The first-order chi connectivity index (χ1) is 11.2. The first kappa shape index (κ1) is 14.5. The molecule has 1 aliphatic heterocycles. The number of hydrogen-bond donors (Lipinski definition) is 0. The molecular formula is C18H19NO4. The number of benzene rings is 1. The largest absolute Gasteiger partial charge is 0.497 e. The summed E-state index contributed by atoms with van der Waals surface area (Å²) in [5, 5.41) is 0.767. The van der Waals surface area contributed by atoms with Crippen LogP contribution < -0.4 is 10.3 Å². The molecule has 1 aromatic heterocycles. The average molecular weight is 313 g/mol. The molecule has 3 atom stereocenters. The summed E-state index contributed by atoms with van der Waals surface area (Å²) >= 11 is 0. The number of hydrogen-bond acceptors (Lipinski definition) is 4. The van der Waals surface area contributed by atoms with Crippen LogP contribution in [-0.2, 0) is 11.3 Å². The molecule has 5 heteroatoms. The molecule has 1 aromatic carbocycles. The van der Waals surface area contributed by atoms with E-state index in [1.807, 2.05) is 12.1 Å². The molecule has 1 aliphatic carbocycles. The quantitative estimate of drug-likeness (QED) is 0.812. The highest BCUT2D eigenvalue weighted by molar-refractivity contribution is 5.96. The van der Waals surface area contributed by atoms with Crippen molar-refractivity contribution in [2.24, 2.45) is 11.8 Å². The lowest BCUT2D eigenvalue weighted by Gasteiger charge is -2.24. The van der Waals surface area contributed by atoms with Gasteiger partial charge in [0.05, 0.1) is 25.3 Å². The van der Waals surface area contributed by atoms with Crippen LogP contribution in [0.15, 0.2) is 29.1 Å². The summed E-state index contributed by atoms with van der Waals surface area (Å²) in [4.78, 5) is 23.8. The monoisotopic (exact) mass is 313 g/mol. The van der Waals surface area contributed by atoms with Crippen molar-refractivity contribution >= 4 is 17.2 Å². The lowest BCUT2D eigenvalue weighted by atomic mass is 10.1. The Kier molecular flexibility index (Phi) is 3.45. The van der Waals surface area contributed by atoms with E-state index >= 15 is 0 Å². The molecule has 0 spiro atoms. The Bertz CT molecular complexity index is 826. The first-order valence-corrected chi connectivity index (χ1v) is 7.99. The third-order valence-corrected chi connectivity index (χ3v) is 5.12. The Labute approximate surface area is 133 Å². The van der Waals surface area contributed by atoms with Crippen molar-refractivity contribution in [2.75, 3.05) is 13.7 Å². The molecule has 1 saturated heterocycles. The van der Waals surface area contributed by atoms with E-state index < -0.39 is 0 Å². The van der Waals surface area contributed by atoms with Crippen LogP contribution in [0.3, 0.4) is 0 Å². The highest BCUT2D eigenvalue weighted by atomic mass is 16.5. The van der Waals surface area contributed by atoms with Crippen molar-refractivity contribution in [3.63, 3.8) is 0 Å². The average Bonchev–Trinajstić information content (AvgIpc) is 3.37. The van der Waals surface area contributed by atoms with Crippen LogP contribution in [-0.4, -0.2) is 30.7 Å². The zero-order valence-corrected chi connectivity index (χ0v) is 13.0. The van der Waals surface area contributed by atoms with E-state index in [4.69, 9.17) is 9.47 Å². The predicted octanol–water partition coefficient (Wildman–Crippen LogP) is 2.25. The standard InChI is InChI=1S/C18H19NO4/c1-22-13-2-3-14-12(10-20)7-18(21)19(16(14)8-13)9-17-15-6-11(15)4-5-23-17/h2-3,7-8,10-11,15,17H,4-6,9H2,1H3/t11-,15+,17?/m1/s1. The Morgan fingerprint density at radius 2 is 2.26 bits per heavy atom. The molecule has 23 heavy (non-hydrogen) atoms. The Morgan fingerprint density at radius 1 is 1.39 bits per heavy atom. The van der Waals surface area contributed by atoms with E-state index in [-0.39, 0.29) is 11.7 Å². The lowest BCUT2D eigenvalue weighted by molar-refractivity contribution is -0.00295. The van der Waals surface area contributed by atoms with Gasteiger partial charge in [-0.1, -0.05) is 0 Å². The number of carbonyl (C=O) groups excluding carboxylic acids is 1. The van der Waals surface area contributed by atoms with Gasteiger partial charge in [0.2, 0.25) is 0 Å². The van der Waals surface area contributed by atoms with Crippen LogP contribution >= 0.6 is 0 Å². The van der Waals surface area contributed by atoms with E-state index in [0.717, 1.165) is 36.1 Å². The third-order valence-electron chi connectivity index (χ3n) is 5.12. The molecule has 5 nitrogen and oxygen atoms in total. The van der Waals surface area contributed by atoms with Gasteiger partial charge >= 0.3 is 0 Å². The maximum absolute atomic E-state index is 12.5. The minimum Gasteiger partial charge on any atom is -0.497 e. The zero-order valence-electron chi connectivity index (χ0n) is 13.0. The summed E-state index contributed by atoms with van der Waals surface area (Å²) in [5.41, 5.74) is 0.974. The maximum Gasteiger partial charge on any atom is 0.251 e. The fourth-order valence-corrected chi connectivity index (χ4v) is 3.72. The van der Waals surface area contributed by atoms with Crippen LogP contribution in [0.2, 0.25) is 0 Å². The van der Waals surface area contributed by atoms with E-state index in [2.05, 4.69) is 0 Å². The molecule has 0 N–H and O–H groups in total. The second-order valence-electron chi connectivity index (χ2n) is 6.41. The SMILES string of the molecule is COc1ccc2c(C=O)cc(=O)n(CC3OCC[C@@H]4C[C@H]34)c2c1. The van der Waals surface area contributed by atoms with Crippen molar-refractivity contribution < 1.29 is 14.3 Å². The van der Waals surface area contributed by atoms with Crippen LogP contribution in [0.4, 0.5) is 0 Å². The third kappa shape index (κ3) is 2.45. The van der Waals surface area contributed by atoms with Gasteiger partial charge in [0.1, 0.15) is 5.75 Å². The number of nitrogens with zero attached hydrogens (tertiary/aromatic N) is 1. The van der Waals surface area contributed by atoms with Gasteiger partial charge in [0.15, 0.2) is 6.29 Å². The number of carbonyl (C=O) groups is 1. The fourth-order valence-electron chi connectivity index (χ4n) is 3.72. The Balaban J connectivity index is 1.82. The lowest BCUT2D eigenvalue weighted by Crippen LogP contribution is -2.32. The van der Waals surface area contributed by atoms with Gasteiger partial charge in [-0.3, -0.25) is 9.59 Å². The molecule has 0 bridgehead atoms. The van der Waals surface area contributed by atoms with E-state index in [9.17, 15) is 9.59 Å². The van der Waals surface area contributed by atoms with Crippen molar-refractivity contribution in [1.82, 2.24) is 4.57 Å². The van der Waals surface area contributed by atoms with Gasteiger partial charge in [0.25, 0.3) is 5.56 Å². The smallest absolute Gasteiger partial charge is 0.251 e. The second-order valence-corrected chi connectivity index (χ2v) is 6.41. The maximum atomic E-state index is 12.5. The van der Waals surface area contributed by atoms with Crippen molar-refractivity contribution in [3.8, 4) is 5.75 Å². The van der Waals surface area contributed by atoms with Crippen LogP contribution in [0.25, 0.3) is 10.9 Å². The van der Waals surface area contributed by atoms with Crippen LogP contribution in [0.1, 0.15) is 23.2 Å². The highest BCUT2D eigenvalue weighted by Crippen LogP contribution is 2.48. The summed E-state index contributed by atoms with van der Waals surface area (Å²) in [6.45, 7) is 1.30. The molecule has 1 unspecified atom stereocenters. The minimum absolute atomic E-state index is 0.0860. The van der Waals surface area contributed by atoms with Crippen molar-refractivity contribution in [3.05, 3.63) is 40.2 Å². The van der Waals surface area contributed by atoms with Gasteiger partial charge in [-0.15, -0.1) is 0 Å². The summed E-state index contributed by atoms with van der Waals surface area (Å²) in [5.74, 6) is 2.00. The normalized spacial score (nSPS) is 25.9. The van der Waals surface area contributed by atoms with E-state index in [1.54, 1.807) is 17.7 Å². The fraction of sp³-hybridized carbons (Fsp3) is 0.444. The number of aromatic nitrogens is 1. The summed E-state index contributed by atoms with van der Waals surface area (Å²) in [7, 11) is 1.59. The van der Waals surface area contributed by atoms with Gasteiger partial charge < -0.3 is 14.0 Å². The minimum atomic E-state index is -0.167. The van der Waals surface area contributed by atoms with Crippen molar-refractivity contribution in [1.29, 1.82) is 0 Å². The van der Waals surface area contributed by atoms with Gasteiger partial charge in [-0.05, 0) is 36.8 Å². The molecule has 0 radical (unpaired) electrons. The molecule has 2 heterocycles. The van der Waals surface area contributed by atoms with Gasteiger partial charge in [-0.25, -0.2) is 0 Å². The number of ether oxygens (including phenoxy) is 2. The molecule has 120 valence electrons. The highest BCUT2D eigenvalue weighted by Gasteiger charge is 2.46. The molecule has 2 fully saturated rings. The Morgan fingerprint density at radius 3 is 3.04 bits per heavy atom. The van der Waals surface area contributed by atoms with E-state index in [1.165, 1.54) is 12.5 Å². The summed E-state index contributed by atoms with van der Waals surface area (Å²) in [6.07, 6.45) is 3.15. The van der Waals surface area contributed by atoms with Crippen molar-refractivity contribution in [2.45, 2.75) is 25.5 Å². The topological polar surface area (TPSA) is 57.5 Å². The van der Waals surface area contributed by atoms with E-state index in [0.29, 0.717) is 23.8 Å². The molecule has 0 amide bonds. The second kappa shape index (κ2) is 5.49.